The largest absolute Gasteiger partial charge is 0.408 e. The van der Waals surface area contributed by atoms with Gasteiger partial charge in [-0.15, -0.1) is 35.0 Å². The molecule has 1 aliphatic rings. The first-order valence-corrected chi connectivity index (χ1v) is 11.9. The van der Waals surface area contributed by atoms with Gasteiger partial charge in [-0.05, 0) is 35.1 Å². The number of halogens is 5. The molecule has 7 nitrogen and oxygen atoms in total. The minimum atomic E-state index is -4.54. The van der Waals surface area contributed by atoms with Gasteiger partial charge in [0.05, 0.1) is 17.7 Å². The molecule has 1 aliphatic heterocycles. The molecule has 0 unspecified atom stereocenters. The van der Waals surface area contributed by atoms with E-state index in [1.54, 1.807) is 4.40 Å². The number of aromatic nitrogens is 4. The van der Waals surface area contributed by atoms with Crippen LogP contribution in [0.2, 0.25) is 0 Å². The van der Waals surface area contributed by atoms with Crippen LogP contribution in [0.4, 0.5) is 13.2 Å². The van der Waals surface area contributed by atoms with Crippen LogP contribution in [-0.2, 0) is 5.41 Å². The van der Waals surface area contributed by atoms with Crippen LogP contribution in [-0.4, -0.2) is 61.0 Å². The van der Waals surface area contributed by atoms with Crippen LogP contribution in [0.5, 0.6) is 0 Å². The maximum absolute atomic E-state index is 14.3. The van der Waals surface area contributed by atoms with E-state index in [2.05, 4.69) is 31.0 Å². The Morgan fingerprint density at radius 2 is 1.79 bits per heavy atom. The zero-order chi connectivity index (χ0) is 25.9. The second kappa shape index (κ2) is 10.6. The molecule has 4 heterocycles. The molecular weight excluding hydrogens is 540 g/mol. The standard InChI is InChI=1S/C26H29F3N6O.2ClH/c1-24(2,3)18-6-4-5-16-7-9-19(31-21(16)18)23-33-32-20-10-8-17(13-35(20)23)22(26(27,28)29)34-12-11-25(30,14-34)15-36;;/h4-10,13,22,36H,11-12,14-15,30H2,1-3H3;2*1H/t22-,25-;;/m1../s1. The Morgan fingerprint density at radius 1 is 1.05 bits per heavy atom. The predicted octanol–water partition coefficient (Wildman–Crippen LogP) is 5.08. The van der Waals surface area contributed by atoms with E-state index in [1.165, 1.54) is 23.2 Å². The molecule has 12 heteroatoms. The van der Waals surface area contributed by atoms with Crippen molar-refractivity contribution in [3.8, 4) is 11.5 Å². The van der Waals surface area contributed by atoms with Gasteiger partial charge >= 0.3 is 6.18 Å². The van der Waals surface area contributed by atoms with E-state index in [0.29, 0.717) is 17.2 Å². The predicted molar refractivity (Wildman–Crippen MR) is 146 cm³/mol. The van der Waals surface area contributed by atoms with Crippen molar-refractivity contribution in [2.24, 2.45) is 5.73 Å². The monoisotopic (exact) mass is 570 g/mol. The third kappa shape index (κ3) is 5.46. The van der Waals surface area contributed by atoms with Crippen molar-refractivity contribution in [1.82, 2.24) is 24.5 Å². The van der Waals surface area contributed by atoms with Crippen LogP contribution in [0.25, 0.3) is 28.1 Å². The summed E-state index contributed by atoms with van der Waals surface area (Å²) in [6.07, 6.45) is -2.82. The number of aliphatic hydroxyl groups is 1. The number of rotatable bonds is 4. The summed E-state index contributed by atoms with van der Waals surface area (Å²) < 4.78 is 44.4. The first kappa shape index (κ1) is 30.0. The summed E-state index contributed by atoms with van der Waals surface area (Å²) in [5.74, 6) is 0.364. The van der Waals surface area contributed by atoms with Crippen LogP contribution < -0.4 is 5.73 Å². The molecule has 2 atom stereocenters. The quantitative estimate of drug-likeness (QED) is 0.355. The average Bonchev–Trinajstić information content (AvgIpc) is 3.41. The van der Waals surface area contributed by atoms with Crippen molar-refractivity contribution in [1.29, 1.82) is 0 Å². The van der Waals surface area contributed by atoms with Crippen molar-refractivity contribution in [2.75, 3.05) is 19.7 Å². The number of nitrogens with two attached hydrogens (primary N) is 1. The summed E-state index contributed by atoms with van der Waals surface area (Å²) in [6, 6.07) is 10.8. The van der Waals surface area contributed by atoms with Crippen molar-refractivity contribution < 1.29 is 18.3 Å². The number of hydrogen-bond acceptors (Lipinski definition) is 6. The molecule has 0 bridgehead atoms. The lowest BCUT2D eigenvalue weighted by Crippen LogP contribution is -2.48. The van der Waals surface area contributed by atoms with E-state index in [-0.39, 0.29) is 61.9 Å². The molecule has 0 radical (unpaired) electrons. The molecule has 0 amide bonds. The maximum atomic E-state index is 14.3. The van der Waals surface area contributed by atoms with E-state index in [4.69, 9.17) is 10.7 Å². The van der Waals surface area contributed by atoms with Gasteiger partial charge in [0.1, 0.15) is 11.7 Å². The molecule has 1 aromatic carbocycles. The molecule has 0 aliphatic carbocycles. The summed E-state index contributed by atoms with van der Waals surface area (Å²) in [5.41, 5.74) is 7.77. The van der Waals surface area contributed by atoms with Gasteiger partial charge in [0, 0.05) is 24.7 Å². The lowest BCUT2D eigenvalue weighted by Gasteiger charge is -2.31. The molecule has 38 heavy (non-hydrogen) atoms. The van der Waals surface area contributed by atoms with E-state index in [9.17, 15) is 18.3 Å². The average molecular weight is 571 g/mol. The lowest BCUT2D eigenvalue weighted by atomic mass is 9.85. The fraction of sp³-hybridized carbons (Fsp3) is 0.423. The van der Waals surface area contributed by atoms with E-state index in [1.807, 2.05) is 30.3 Å². The number of benzene rings is 1. The minimum Gasteiger partial charge on any atom is -0.394 e. The van der Waals surface area contributed by atoms with Gasteiger partial charge in [-0.2, -0.15) is 13.2 Å². The summed E-state index contributed by atoms with van der Waals surface area (Å²) >= 11 is 0. The molecule has 3 N–H and O–H groups in total. The van der Waals surface area contributed by atoms with Gasteiger partial charge in [-0.1, -0.05) is 51.1 Å². The zero-order valence-corrected chi connectivity index (χ0v) is 22.9. The lowest BCUT2D eigenvalue weighted by molar-refractivity contribution is -0.184. The highest BCUT2D eigenvalue weighted by Gasteiger charge is 2.49. The van der Waals surface area contributed by atoms with Gasteiger partial charge < -0.3 is 10.8 Å². The van der Waals surface area contributed by atoms with E-state index < -0.39 is 17.8 Å². The molecule has 0 spiro atoms. The highest BCUT2D eigenvalue weighted by molar-refractivity contribution is 5.86. The van der Waals surface area contributed by atoms with Crippen molar-refractivity contribution in [3.63, 3.8) is 0 Å². The van der Waals surface area contributed by atoms with E-state index >= 15 is 0 Å². The molecular formula is C26H31Cl2F3N6O. The number of aliphatic hydroxyl groups excluding tert-OH is 1. The van der Waals surface area contributed by atoms with Crippen LogP contribution in [0, 0.1) is 0 Å². The minimum absolute atomic E-state index is 0. The Balaban J connectivity index is 0.00000200. The molecule has 5 rings (SSSR count). The number of fused-ring (bicyclic) bond motifs is 2. The van der Waals surface area contributed by atoms with Crippen molar-refractivity contribution in [3.05, 3.63) is 59.8 Å². The molecule has 206 valence electrons. The summed E-state index contributed by atoms with van der Waals surface area (Å²) in [5, 5.41) is 19.0. The topological polar surface area (TPSA) is 92.6 Å². The van der Waals surface area contributed by atoms with E-state index in [0.717, 1.165) is 16.5 Å². The highest BCUT2D eigenvalue weighted by atomic mass is 35.5. The zero-order valence-electron chi connectivity index (χ0n) is 21.2. The third-order valence-corrected chi connectivity index (χ3v) is 6.90. The SMILES string of the molecule is CC(C)(C)c1cccc2ccc(-c3nnc4ccc([C@@H](N5CC[C@](N)(CO)C5)C(F)(F)F)cn34)nc12.Cl.Cl. The number of hydrogen-bond donors (Lipinski definition) is 2. The number of para-hydroxylation sites is 1. The van der Waals surface area contributed by atoms with Gasteiger partial charge in [0.15, 0.2) is 11.5 Å². The number of pyridine rings is 2. The molecule has 3 aromatic heterocycles. The van der Waals surface area contributed by atoms with Gasteiger partial charge in [-0.3, -0.25) is 9.30 Å². The van der Waals surface area contributed by atoms with Crippen molar-refractivity contribution >= 4 is 41.4 Å². The maximum Gasteiger partial charge on any atom is 0.408 e. The van der Waals surface area contributed by atoms with Crippen LogP contribution in [0.3, 0.4) is 0 Å². The number of likely N-dealkylation sites (tertiary alicyclic amines) is 1. The van der Waals surface area contributed by atoms with Crippen LogP contribution in [0.15, 0.2) is 48.7 Å². The van der Waals surface area contributed by atoms with Crippen LogP contribution >= 0.6 is 24.8 Å². The number of nitrogens with zero attached hydrogens (tertiary/aromatic N) is 5. The molecule has 4 aromatic rings. The summed E-state index contributed by atoms with van der Waals surface area (Å²) in [4.78, 5) is 6.15. The fourth-order valence-electron chi connectivity index (χ4n) is 5.01. The Labute approximate surface area is 231 Å². The molecule has 1 fully saturated rings. The van der Waals surface area contributed by atoms with Crippen LogP contribution in [0.1, 0.15) is 44.4 Å². The Hall–Kier alpha value is -2.50. The molecule has 0 saturated carbocycles. The Morgan fingerprint density at radius 3 is 2.42 bits per heavy atom. The second-order valence-electron chi connectivity index (χ2n) is 10.7. The first-order valence-electron chi connectivity index (χ1n) is 11.9. The fourth-order valence-corrected chi connectivity index (χ4v) is 5.01. The molecule has 1 saturated heterocycles. The van der Waals surface area contributed by atoms with Gasteiger partial charge in [0.25, 0.3) is 0 Å². The third-order valence-electron chi connectivity index (χ3n) is 6.90. The summed E-state index contributed by atoms with van der Waals surface area (Å²) in [7, 11) is 0. The Bertz CT molecular complexity index is 1440. The first-order chi connectivity index (χ1) is 16.9. The number of alkyl halides is 3. The van der Waals surface area contributed by atoms with Crippen molar-refractivity contribution in [2.45, 2.75) is 50.4 Å². The van der Waals surface area contributed by atoms with Gasteiger partial charge in [-0.25, -0.2) is 4.98 Å². The smallest absolute Gasteiger partial charge is 0.394 e. The normalized spacial score (nSPS) is 19.4. The van der Waals surface area contributed by atoms with Gasteiger partial charge in [0.2, 0.25) is 0 Å². The highest BCUT2D eigenvalue weighted by Crippen LogP contribution is 2.41. The second-order valence-corrected chi connectivity index (χ2v) is 10.7. The summed E-state index contributed by atoms with van der Waals surface area (Å²) in [6.45, 7) is 6.04. The Kier molecular flexibility index (Phi) is 8.36.